The van der Waals surface area contributed by atoms with E-state index in [2.05, 4.69) is 0 Å². The minimum atomic E-state index is -3.40. The van der Waals surface area contributed by atoms with Crippen LogP contribution in [0, 0.1) is 29.6 Å². The van der Waals surface area contributed by atoms with Gasteiger partial charge in [-0.1, -0.05) is 0 Å². The molecule has 54 valence electrons. The largest absolute Gasteiger partial charge is 0.433 e. The fraction of sp³-hybridized carbons (Fsp3) is 0. The van der Waals surface area contributed by atoms with Gasteiger partial charge in [-0.15, -0.1) is 0 Å². The van der Waals surface area contributed by atoms with Crippen LogP contribution in [0.2, 0.25) is 0 Å². The SMILES string of the molecule is [NaH].[O-][Br+2]([O-])O.[O-][Br+2]([O-])O. The van der Waals surface area contributed by atoms with Gasteiger partial charge in [0.05, 0.1) is 0 Å². The van der Waals surface area contributed by atoms with E-state index in [1.54, 1.807) is 0 Å². The smallest absolute Gasteiger partial charge is 0.372 e. The summed E-state index contributed by atoms with van der Waals surface area (Å²) in [5, 5.41) is 0. The van der Waals surface area contributed by atoms with Crippen molar-refractivity contribution in [2.24, 2.45) is 0 Å². The molecule has 0 fully saturated rings. The monoisotopic (exact) mass is 280 g/mol. The van der Waals surface area contributed by atoms with Gasteiger partial charge in [-0.2, -0.15) is 0 Å². The van der Waals surface area contributed by atoms with Gasteiger partial charge in [0, 0.05) is 0 Å². The Kier molecular flexibility index (Phi) is 23.4. The predicted octanol–water partition coefficient (Wildman–Crippen LogP) is -6.52. The second-order valence-corrected chi connectivity index (χ2v) is 2.09. The molecule has 0 aliphatic rings. The molecule has 0 amide bonds. The molecular weight excluding hydrogens is 279 g/mol. The molecule has 0 rings (SSSR count). The van der Waals surface area contributed by atoms with Crippen LogP contribution in [0.25, 0.3) is 0 Å². The molecule has 0 heterocycles. The van der Waals surface area contributed by atoms with E-state index in [-0.39, 0.29) is 29.6 Å². The Hall–Kier alpha value is 1.72. The summed E-state index contributed by atoms with van der Waals surface area (Å²) in [6.07, 6.45) is 0. The van der Waals surface area contributed by atoms with Crippen LogP contribution in [-0.2, 0) is 0 Å². The second-order valence-electron chi connectivity index (χ2n) is 0.402. The van der Waals surface area contributed by atoms with E-state index in [1.165, 1.54) is 0 Å². The maximum atomic E-state index is 8.63. The van der Waals surface area contributed by atoms with Gasteiger partial charge in [-0.25, -0.2) is 0 Å². The van der Waals surface area contributed by atoms with Crippen LogP contribution < -0.4 is 16.8 Å². The minimum Gasteiger partial charge on any atom is -0.372 e. The van der Waals surface area contributed by atoms with Crippen LogP contribution in [0.3, 0.4) is 0 Å². The van der Waals surface area contributed by atoms with Gasteiger partial charge in [0.15, 0.2) is 0 Å². The molecule has 0 aromatic heterocycles. The Labute approximate surface area is 83.7 Å². The summed E-state index contributed by atoms with van der Waals surface area (Å²) < 4.78 is 48.6. The zero-order valence-corrected chi connectivity index (χ0v) is 6.46. The van der Waals surface area contributed by atoms with Gasteiger partial charge in [-0.05, 0) is 8.40 Å². The van der Waals surface area contributed by atoms with E-state index in [9.17, 15) is 0 Å². The van der Waals surface area contributed by atoms with E-state index < -0.39 is 29.6 Å². The van der Waals surface area contributed by atoms with Crippen LogP contribution >= 0.6 is 0 Å². The predicted molar refractivity (Wildman–Crippen MR) is 11.6 cm³/mol. The zero-order valence-electron chi connectivity index (χ0n) is 3.28. The first-order chi connectivity index (χ1) is 3.46. The van der Waals surface area contributed by atoms with E-state index in [4.69, 9.17) is 25.2 Å². The van der Waals surface area contributed by atoms with Crippen molar-refractivity contribution in [3.63, 3.8) is 0 Å². The molecule has 0 aromatic carbocycles. The Morgan fingerprint density at radius 1 is 0.778 bits per heavy atom. The van der Waals surface area contributed by atoms with Gasteiger partial charge >= 0.3 is 59.2 Å². The molecule has 2 N–H and O–H groups in total. The summed E-state index contributed by atoms with van der Waals surface area (Å²) in [4.78, 5) is 0. The first-order valence-electron chi connectivity index (χ1n) is 0.955. The third kappa shape index (κ3) is 196. The molecule has 0 unspecified atom stereocenters. The first-order valence-corrected chi connectivity index (χ1v) is 4.96. The number of hydrogen-bond acceptors (Lipinski definition) is 6. The average Bonchev–Trinajstić information content (AvgIpc) is 1.25. The van der Waals surface area contributed by atoms with E-state index in [0.717, 1.165) is 0 Å². The summed E-state index contributed by atoms with van der Waals surface area (Å²) >= 11 is -6.79. The molecule has 0 saturated carbocycles. The van der Waals surface area contributed by atoms with Crippen molar-refractivity contribution in [1.82, 2.24) is 0 Å². The summed E-state index contributed by atoms with van der Waals surface area (Å²) in [6.45, 7) is 0. The molecule has 0 radical (unpaired) electrons. The van der Waals surface area contributed by atoms with Gasteiger partial charge in [0.25, 0.3) is 0 Å². The van der Waals surface area contributed by atoms with Crippen molar-refractivity contribution >= 4 is 29.6 Å². The number of hydrogen-bond donors (Lipinski definition) is 2. The zero-order chi connectivity index (χ0) is 7.15. The average molecular weight is 282 g/mol. The van der Waals surface area contributed by atoms with Crippen LogP contribution in [0.15, 0.2) is 0 Å². The molecule has 0 spiro atoms. The fourth-order valence-corrected chi connectivity index (χ4v) is 0. The fourth-order valence-electron chi connectivity index (χ4n) is 0. The van der Waals surface area contributed by atoms with Crippen molar-refractivity contribution in [3.05, 3.63) is 0 Å². The molecule has 0 atom stereocenters. The van der Waals surface area contributed by atoms with Crippen molar-refractivity contribution < 1.29 is 54.8 Å². The third-order valence-corrected chi connectivity index (χ3v) is 0. The topological polar surface area (TPSA) is 133 Å². The van der Waals surface area contributed by atoms with Crippen molar-refractivity contribution in [2.75, 3.05) is 0 Å². The van der Waals surface area contributed by atoms with Crippen molar-refractivity contribution in [2.45, 2.75) is 0 Å². The van der Waals surface area contributed by atoms with Gasteiger partial charge < -0.3 is 16.8 Å². The molecule has 0 aliphatic carbocycles. The molecular formula is H3Br2NaO6. The Morgan fingerprint density at radius 3 is 0.778 bits per heavy atom. The van der Waals surface area contributed by atoms with Gasteiger partial charge in [0.1, 0.15) is 0 Å². The molecule has 0 aliphatic heterocycles. The van der Waals surface area contributed by atoms with E-state index in [1.807, 2.05) is 0 Å². The van der Waals surface area contributed by atoms with Crippen molar-refractivity contribution in [1.29, 1.82) is 0 Å². The Morgan fingerprint density at radius 2 is 0.778 bits per heavy atom. The maximum absolute atomic E-state index is 8.63. The van der Waals surface area contributed by atoms with Crippen LogP contribution in [0.1, 0.15) is 0 Å². The second kappa shape index (κ2) is 12.4. The standard InChI is InChI=1S/2BrHO3.Na.H/c2*2-1(3)4;;/h2*2H;;. The molecule has 0 bridgehead atoms. The van der Waals surface area contributed by atoms with E-state index >= 15 is 0 Å². The Bertz CT molecular complexity index is 26.5. The number of halogens is 2. The van der Waals surface area contributed by atoms with Crippen LogP contribution in [0.5, 0.6) is 0 Å². The molecule has 9 heteroatoms. The van der Waals surface area contributed by atoms with E-state index in [0.29, 0.717) is 0 Å². The quantitative estimate of drug-likeness (QED) is 0.424. The molecule has 6 nitrogen and oxygen atoms in total. The molecule has 9 heavy (non-hydrogen) atoms. The maximum Gasteiger partial charge on any atom is 0.433 e. The summed E-state index contributed by atoms with van der Waals surface area (Å²) in [7, 11) is 0. The summed E-state index contributed by atoms with van der Waals surface area (Å²) in [6, 6.07) is 0. The van der Waals surface area contributed by atoms with Crippen LogP contribution in [0.4, 0.5) is 0 Å². The normalized spacial score (nSPS) is 8.00. The van der Waals surface area contributed by atoms with Gasteiger partial charge in [-0.3, -0.25) is 0 Å². The van der Waals surface area contributed by atoms with Crippen molar-refractivity contribution in [3.8, 4) is 0 Å². The van der Waals surface area contributed by atoms with Crippen LogP contribution in [-0.4, -0.2) is 38.0 Å². The summed E-state index contributed by atoms with van der Waals surface area (Å²) in [5.74, 6) is 0. The minimum absolute atomic E-state index is 0. The van der Waals surface area contributed by atoms with Gasteiger partial charge in [0.2, 0.25) is 0 Å². The Balaban J connectivity index is -0.0000000720. The molecule has 0 aromatic rings. The number of rotatable bonds is 0. The molecule has 0 saturated heterocycles. The third-order valence-electron chi connectivity index (χ3n) is 0. The summed E-state index contributed by atoms with van der Waals surface area (Å²) in [5.41, 5.74) is 0. The first kappa shape index (κ1) is 17.0.